The molecule has 5 heteroatoms. The van der Waals surface area contributed by atoms with E-state index in [2.05, 4.69) is 27.1 Å². The van der Waals surface area contributed by atoms with Crippen LogP contribution in [-0.2, 0) is 24.3 Å². The Balaban J connectivity index is 2.05. The number of para-hydroxylation sites is 1. The highest BCUT2D eigenvalue weighted by atomic mass is 16.1. The van der Waals surface area contributed by atoms with Crippen LogP contribution in [0.2, 0.25) is 0 Å². The van der Waals surface area contributed by atoms with Crippen molar-refractivity contribution in [1.82, 2.24) is 14.9 Å². The van der Waals surface area contributed by atoms with Crippen molar-refractivity contribution in [3.05, 3.63) is 48.0 Å². The summed E-state index contributed by atoms with van der Waals surface area (Å²) in [5, 5.41) is 6.03. The second-order valence-corrected chi connectivity index (χ2v) is 4.90. The van der Waals surface area contributed by atoms with E-state index in [1.54, 1.807) is 7.05 Å². The van der Waals surface area contributed by atoms with E-state index in [1.165, 1.54) is 0 Å². The third-order valence-electron chi connectivity index (χ3n) is 3.35. The molecule has 112 valence electrons. The lowest BCUT2D eigenvalue weighted by molar-refractivity contribution is -0.119. The molecule has 0 saturated carbocycles. The summed E-state index contributed by atoms with van der Waals surface area (Å²) < 4.78 is 2.15. The Labute approximate surface area is 125 Å². The zero-order valence-corrected chi connectivity index (χ0v) is 12.6. The van der Waals surface area contributed by atoms with Gasteiger partial charge in [0.15, 0.2) is 0 Å². The van der Waals surface area contributed by atoms with E-state index in [4.69, 9.17) is 0 Å². The number of nitrogens with zero attached hydrogens (tertiary/aromatic N) is 2. The third-order valence-corrected chi connectivity index (χ3v) is 3.35. The Hall–Kier alpha value is -2.30. The number of carbonyl (C=O) groups excluding carboxylic acids is 1. The number of likely N-dealkylation sites (N-methyl/N-ethyl adjacent to an activating group) is 1. The predicted octanol–water partition coefficient (Wildman–Crippen LogP) is 2.19. The number of hydrogen-bond donors (Lipinski definition) is 2. The Morgan fingerprint density at radius 1 is 1.33 bits per heavy atom. The van der Waals surface area contributed by atoms with Crippen molar-refractivity contribution in [2.75, 3.05) is 12.4 Å². The summed E-state index contributed by atoms with van der Waals surface area (Å²) in [7, 11) is 1.65. The summed E-state index contributed by atoms with van der Waals surface area (Å²) in [6, 6.07) is 7.87. The molecule has 0 fully saturated rings. The van der Waals surface area contributed by atoms with Gasteiger partial charge < -0.3 is 15.2 Å². The second-order valence-electron chi connectivity index (χ2n) is 4.90. The Kier molecular flexibility index (Phi) is 5.37. The number of aromatic nitrogens is 2. The zero-order chi connectivity index (χ0) is 15.1. The van der Waals surface area contributed by atoms with Gasteiger partial charge in [-0.05, 0) is 18.1 Å². The van der Waals surface area contributed by atoms with Crippen LogP contribution in [0.4, 0.5) is 5.69 Å². The molecule has 1 aromatic heterocycles. The van der Waals surface area contributed by atoms with Gasteiger partial charge in [-0.3, -0.25) is 4.79 Å². The van der Waals surface area contributed by atoms with E-state index in [1.807, 2.05) is 36.7 Å². The van der Waals surface area contributed by atoms with Crippen molar-refractivity contribution in [1.29, 1.82) is 0 Å². The number of aryl methyl sites for hydroxylation is 1. The maximum atomic E-state index is 11.6. The lowest BCUT2D eigenvalue weighted by Gasteiger charge is -2.12. The maximum Gasteiger partial charge on any atom is 0.224 e. The van der Waals surface area contributed by atoms with E-state index in [0.29, 0.717) is 13.0 Å². The van der Waals surface area contributed by atoms with Gasteiger partial charge in [-0.25, -0.2) is 4.98 Å². The molecule has 1 aromatic carbocycles. The molecule has 5 nitrogen and oxygen atoms in total. The van der Waals surface area contributed by atoms with E-state index in [9.17, 15) is 4.79 Å². The summed E-state index contributed by atoms with van der Waals surface area (Å²) in [5.41, 5.74) is 1.97. The maximum absolute atomic E-state index is 11.6. The van der Waals surface area contributed by atoms with Gasteiger partial charge in [0, 0.05) is 31.7 Å². The van der Waals surface area contributed by atoms with Crippen LogP contribution >= 0.6 is 0 Å². The molecule has 1 heterocycles. The standard InChI is InChI=1S/C16H22N4O/c1-3-9-20-10-8-18-15(20)12-19-14-7-5-4-6-13(14)11-16(21)17-2/h4-8,10,19H,3,9,11-12H2,1-2H3,(H,17,21). The molecule has 2 aromatic rings. The average Bonchev–Trinajstić information content (AvgIpc) is 2.94. The van der Waals surface area contributed by atoms with Crippen LogP contribution in [0.1, 0.15) is 24.7 Å². The normalized spacial score (nSPS) is 10.4. The Morgan fingerprint density at radius 2 is 2.14 bits per heavy atom. The van der Waals surface area contributed by atoms with Crippen molar-refractivity contribution in [3.8, 4) is 0 Å². The van der Waals surface area contributed by atoms with Crippen molar-refractivity contribution < 1.29 is 4.79 Å². The molecule has 0 bridgehead atoms. The fourth-order valence-corrected chi connectivity index (χ4v) is 2.23. The highest BCUT2D eigenvalue weighted by Crippen LogP contribution is 2.16. The van der Waals surface area contributed by atoms with Crippen molar-refractivity contribution in [3.63, 3.8) is 0 Å². The molecule has 2 N–H and O–H groups in total. The van der Waals surface area contributed by atoms with Crippen LogP contribution in [0.25, 0.3) is 0 Å². The fourth-order valence-electron chi connectivity index (χ4n) is 2.23. The van der Waals surface area contributed by atoms with Gasteiger partial charge in [0.2, 0.25) is 5.91 Å². The largest absolute Gasteiger partial charge is 0.378 e. The molecule has 0 unspecified atom stereocenters. The minimum atomic E-state index is 0.0109. The molecule has 0 atom stereocenters. The number of amides is 1. The number of imidazole rings is 1. The molecule has 0 saturated heterocycles. The molecule has 0 aliphatic rings. The van der Waals surface area contributed by atoms with Crippen LogP contribution in [0.15, 0.2) is 36.7 Å². The van der Waals surface area contributed by atoms with Gasteiger partial charge in [-0.15, -0.1) is 0 Å². The molecule has 0 aliphatic heterocycles. The van der Waals surface area contributed by atoms with Crippen molar-refractivity contribution in [2.45, 2.75) is 32.9 Å². The smallest absolute Gasteiger partial charge is 0.224 e. The van der Waals surface area contributed by atoms with Crippen molar-refractivity contribution >= 4 is 11.6 Å². The molecule has 0 spiro atoms. The van der Waals surface area contributed by atoms with Crippen LogP contribution < -0.4 is 10.6 Å². The van der Waals surface area contributed by atoms with Gasteiger partial charge in [0.1, 0.15) is 5.82 Å². The first kappa shape index (κ1) is 15.1. The molecule has 21 heavy (non-hydrogen) atoms. The summed E-state index contributed by atoms with van der Waals surface area (Å²) in [4.78, 5) is 15.9. The number of hydrogen-bond acceptors (Lipinski definition) is 3. The van der Waals surface area contributed by atoms with Crippen LogP contribution in [-0.4, -0.2) is 22.5 Å². The van der Waals surface area contributed by atoms with E-state index in [-0.39, 0.29) is 5.91 Å². The first-order chi connectivity index (χ1) is 10.2. The Morgan fingerprint density at radius 3 is 2.90 bits per heavy atom. The minimum absolute atomic E-state index is 0.0109. The lowest BCUT2D eigenvalue weighted by atomic mass is 10.1. The monoisotopic (exact) mass is 286 g/mol. The minimum Gasteiger partial charge on any atom is -0.378 e. The van der Waals surface area contributed by atoms with Crippen LogP contribution in [0.3, 0.4) is 0 Å². The lowest BCUT2D eigenvalue weighted by Crippen LogP contribution is -2.20. The first-order valence-corrected chi connectivity index (χ1v) is 7.27. The summed E-state index contributed by atoms with van der Waals surface area (Å²) >= 11 is 0. The van der Waals surface area contributed by atoms with E-state index >= 15 is 0 Å². The average molecular weight is 286 g/mol. The summed E-state index contributed by atoms with van der Waals surface area (Å²) in [5.74, 6) is 1.02. The fraction of sp³-hybridized carbons (Fsp3) is 0.375. The summed E-state index contributed by atoms with van der Waals surface area (Å²) in [6.45, 7) is 3.77. The molecule has 2 rings (SSSR count). The number of nitrogens with one attached hydrogen (secondary N) is 2. The Bertz CT molecular complexity index is 591. The SMILES string of the molecule is CCCn1ccnc1CNc1ccccc1CC(=O)NC. The molecular weight excluding hydrogens is 264 g/mol. The van der Waals surface area contributed by atoms with Crippen LogP contribution in [0.5, 0.6) is 0 Å². The highest BCUT2D eigenvalue weighted by molar-refractivity contribution is 5.80. The van der Waals surface area contributed by atoms with E-state index < -0.39 is 0 Å². The number of carbonyl (C=O) groups is 1. The first-order valence-electron chi connectivity index (χ1n) is 7.27. The van der Waals surface area contributed by atoms with Gasteiger partial charge >= 0.3 is 0 Å². The molecule has 0 radical (unpaired) electrons. The number of rotatable bonds is 7. The van der Waals surface area contributed by atoms with Gasteiger partial charge in [0.05, 0.1) is 13.0 Å². The third kappa shape index (κ3) is 4.08. The van der Waals surface area contributed by atoms with Crippen LogP contribution in [0, 0.1) is 0 Å². The quantitative estimate of drug-likeness (QED) is 0.820. The highest BCUT2D eigenvalue weighted by Gasteiger charge is 2.07. The number of anilines is 1. The topological polar surface area (TPSA) is 59.0 Å². The van der Waals surface area contributed by atoms with Gasteiger partial charge in [-0.2, -0.15) is 0 Å². The molecule has 1 amide bonds. The zero-order valence-electron chi connectivity index (χ0n) is 12.6. The summed E-state index contributed by atoms with van der Waals surface area (Å²) in [6.07, 6.45) is 5.28. The van der Waals surface area contributed by atoms with Gasteiger partial charge in [0.25, 0.3) is 0 Å². The van der Waals surface area contributed by atoms with Crippen molar-refractivity contribution in [2.24, 2.45) is 0 Å². The number of benzene rings is 1. The van der Waals surface area contributed by atoms with Gasteiger partial charge in [-0.1, -0.05) is 25.1 Å². The van der Waals surface area contributed by atoms with E-state index in [0.717, 1.165) is 30.0 Å². The second kappa shape index (κ2) is 7.47. The molecule has 0 aliphatic carbocycles. The predicted molar refractivity (Wildman–Crippen MR) is 84.1 cm³/mol. The molecular formula is C16H22N4O.